The SMILES string of the molecule is CCC(C)NC(=O)C(CC)N(Cc1ccc(F)cc1)C(=O)CN(c1cc(C(F)(F)F)ccc1Cl)S(=O)(=O)c1ccccc1. The van der Waals surface area contributed by atoms with Gasteiger partial charge in [-0.1, -0.05) is 55.8 Å². The molecule has 13 heteroatoms. The summed E-state index contributed by atoms with van der Waals surface area (Å²) >= 11 is 6.26. The van der Waals surface area contributed by atoms with Crippen molar-refractivity contribution in [2.75, 3.05) is 10.8 Å². The molecule has 3 rings (SSSR count). The van der Waals surface area contributed by atoms with E-state index in [0.717, 1.165) is 11.0 Å². The molecular formula is C30H32ClF4N3O4S. The van der Waals surface area contributed by atoms with Crippen molar-refractivity contribution in [3.8, 4) is 0 Å². The van der Waals surface area contributed by atoms with Crippen LogP contribution in [-0.2, 0) is 32.3 Å². The highest BCUT2D eigenvalue weighted by molar-refractivity contribution is 7.92. The molecule has 0 aliphatic heterocycles. The molecule has 3 aromatic carbocycles. The van der Waals surface area contributed by atoms with E-state index in [1.165, 1.54) is 48.5 Å². The third kappa shape index (κ3) is 8.47. The predicted molar refractivity (Wildman–Crippen MR) is 156 cm³/mol. The summed E-state index contributed by atoms with van der Waals surface area (Å²) in [6, 6.07) is 12.9. The zero-order valence-corrected chi connectivity index (χ0v) is 25.3. The number of sulfonamides is 1. The molecule has 0 bridgehead atoms. The van der Waals surface area contributed by atoms with Gasteiger partial charge in [-0.15, -0.1) is 0 Å². The zero-order chi connectivity index (χ0) is 31.9. The highest BCUT2D eigenvalue weighted by Gasteiger charge is 2.37. The fourth-order valence-electron chi connectivity index (χ4n) is 4.26. The van der Waals surface area contributed by atoms with Crippen LogP contribution in [0.3, 0.4) is 0 Å². The van der Waals surface area contributed by atoms with Crippen LogP contribution in [0.1, 0.15) is 44.7 Å². The summed E-state index contributed by atoms with van der Waals surface area (Å²) < 4.78 is 82.8. The first-order chi connectivity index (χ1) is 20.2. The topological polar surface area (TPSA) is 86.8 Å². The Balaban J connectivity index is 2.15. The maximum Gasteiger partial charge on any atom is 0.416 e. The maximum atomic E-state index is 14.0. The average molecular weight is 642 g/mol. The number of amides is 2. The van der Waals surface area contributed by atoms with Crippen LogP contribution in [0.15, 0.2) is 77.7 Å². The van der Waals surface area contributed by atoms with Gasteiger partial charge in [-0.2, -0.15) is 13.2 Å². The van der Waals surface area contributed by atoms with Gasteiger partial charge in [-0.3, -0.25) is 13.9 Å². The molecule has 0 aromatic heterocycles. The maximum absolute atomic E-state index is 14.0. The first-order valence-electron chi connectivity index (χ1n) is 13.5. The van der Waals surface area contributed by atoms with E-state index < -0.39 is 57.7 Å². The van der Waals surface area contributed by atoms with E-state index in [4.69, 9.17) is 11.6 Å². The van der Waals surface area contributed by atoms with Crippen molar-refractivity contribution in [2.45, 2.75) is 63.3 Å². The summed E-state index contributed by atoms with van der Waals surface area (Å²) in [5.74, 6) is -1.91. The van der Waals surface area contributed by atoms with Crippen molar-refractivity contribution >= 4 is 39.1 Å². The molecule has 0 saturated carbocycles. The molecule has 0 fully saturated rings. The van der Waals surface area contributed by atoms with Crippen molar-refractivity contribution in [3.05, 3.63) is 94.8 Å². The van der Waals surface area contributed by atoms with Crippen LogP contribution in [0.25, 0.3) is 0 Å². The Hall–Kier alpha value is -3.64. The van der Waals surface area contributed by atoms with E-state index in [9.17, 15) is 35.6 Å². The molecule has 7 nitrogen and oxygen atoms in total. The Labute approximate surface area is 253 Å². The second-order valence-electron chi connectivity index (χ2n) is 9.88. The Morgan fingerprint density at radius 1 is 0.953 bits per heavy atom. The Bertz CT molecular complexity index is 1520. The first-order valence-corrected chi connectivity index (χ1v) is 15.3. The summed E-state index contributed by atoms with van der Waals surface area (Å²) in [7, 11) is -4.64. The monoisotopic (exact) mass is 641 g/mol. The number of nitrogens with one attached hydrogen (secondary N) is 1. The molecule has 0 spiro atoms. The number of rotatable bonds is 12. The van der Waals surface area contributed by atoms with Gasteiger partial charge in [0.2, 0.25) is 11.8 Å². The van der Waals surface area contributed by atoms with Gasteiger partial charge in [0.05, 0.1) is 21.2 Å². The molecule has 0 radical (unpaired) electrons. The van der Waals surface area contributed by atoms with Gasteiger partial charge in [-0.25, -0.2) is 12.8 Å². The number of benzene rings is 3. The molecule has 43 heavy (non-hydrogen) atoms. The summed E-state index contributed by atoms with van der Waals surface area (Å²) in [6.45, 7) is 4.11. The highest BCUT2D eigenvalue weighted by Crippen LogP contribution is 2.37. The molecule has 1 N–H and O–H groups in total. The van der Waals surface area contributed by atoms with Crippen molar-refractivity contribution in [1.82, 2.24) is 10.2 Å². The minimum Gasteiger partial charge on any atom is -0.352 e. The number of carbonyl (C=O) groups excluding carboxylic acids is 2. The highest BCUT2D eigenvalue weighted by atomic mass is 35.5. The standard InChI is InChI=1S/C30H32ClF4N3O4S/c1-4-20(3)36-29(40)26(5-2)37(18-21-11-14-23(32)15-12-21)28(39)19-38(43(41,42)24-9-7-6-8-10-24)27-17-22(30(33,34)35)13-16-25(27)31/h6-17,20,26H,4-5,18-19H2,1-3H3,(H,36,40). The predicted octanol–water partition coefficient (Wildman–Crippen LogP) is 6.42. The lowest BCUT2D eigenvalue weighted by molar-refractivity contribution is -0.140. The van der Waals surface area contributed by atoms with E-state index in [1.807, 2.05) is 6.92 Å². The number of anilines is 1. The number of alkyl halides is 3. The van der Waals surface area contributed by atoms with Crippen LogP contribution < -0.4 is 9.62 Å². The summed E-state index contributed by atoms with van der Waals surface area (Å²) in [4.78, 5) is 28.2. The number of halogens is 5. The minimum absolute atomic E-state index is 0.130. The third-order valence-electron chi connectivity index (χ3n) is 6.81. The van der Waals surface area contributed by atoms with E-state index in [2.05, 4.69) is 5.32 Å². The quantitative estimate of drug-likeness (QED) is 0.232. The molecule has 0 aliphatic carbocycles. The molecule has 2 unspecified atom stereocenters. The summed E-state index contributed by atoms with van der Waals surface area (Å²) in [5.41, 5.74) is -1.29. The number of nitrogens with zero attached hydrogens (tertiary/aromatic N) is 2. The second kappa shape index (κ2) is 14.2. The molecule has 3 aromatic rings. The lowest BCUT2D eigenvalue weighted by atomic mass is 10.1. The second-order valence-corrected chi connectivity index (χ2v) is 12.1. The normalized spacial score (nSPS) is 13.2. The van der Waals surface area contributed by atoms with E-state index in [0.29, 0.717) is 28.4 Å². The number of hydrogen-bond acceptors (Lipinski definition) is 4. The Morgan fingerprint density at radius 2 is 1.58 bits per heavy atom. The van der Waals surface area contributed by atoms with Gasteiger partial charge >= 0.3 is 6.18 Å². The van der Waals surface area contributed by atoms with Crippen molar-refractivity contribution < 1.29 is 35.6 Å². The number of hydrogen-bond donors (Lipinski definition) is 1. The molecule has 0 saturated heterocycles. The van der Waals surface area contributed by atoms with Gasteiger partial charge in [0.25, 0.3) is 10.0 Å². The van der Waals surface area contributed by atoms with E-state index in [-0.39, 0.29) is 28.9 Å². The third-order valence-corrected chi connectivity index (χ3v) is 8.90. The van der Waals surface area contributed by atoms with Crippen molar-refractivity contribution in [2.24, 2.45) is 0 Å². The molecule has 2 atom stereocenters. The van der Waals surface area contributed by atoms with Crippen LogP contribution in [-0.4, -0.2) is 43.8 Å². The number of carbonyl (C=O) groups is 2. The van der Waals surface area contributed by atoms with E-state index in [1.54, 1.807) is 19.9 Å². The van der Waals surface area contributed by atoms with Crippen LogP contribution >= 0.6 is 11.6 Å². The molecular weight excluding hydrogens is 610 g/mol. The summed E-state index contributed by atoms with van der Waals surface area (Å²) in [6.07, 6.45) is -4.10. The van der Waals surface area contributed by atoms with Gasteiger partial charge < -0.3 is 10.2 Å². The smallest absolute Gasteiger partial charge is 0.352 e. The lowest BCUT2D eigenvalue weighted by Gasteiger charge is -2.34. The summed E-state index contributed by atoms with van der Waals surface area (Å²) in [5, 5.41) is 2.47. The van der Waals surface area contributed by atoms with Crippen LogP contribution in [0, 0.1) is 5.82 Å². The largest absolute Gasteiger partial charge is 0.416 e. The molecule has 2 amide bonds. The lowest BCUT2D eigenvalue weighted by Crippen LogP contribution is -2.53. The molecule has 0 heterocycles. The minimum atomic E-state index is -4.83. The van der Waals surface area contributed by atoms with Crippen molar-refractivity contribution in [1.29, 1.82) is 0 Å². The van der Waals surface area contributed by atoms with E-state index >= 15 is 0 Å². The van der Waals surface area contributed by atoms with Gasteiger partial charge in [0.15, 0.2) is 0 Å². The van der Waals surface area contributed by atoms with Gasteiger partial charge in [0, 0.05) is 12.6 Å². The van der Waals surface area contributed by atoms with Crippen LogP contribution in [0.4, 0.5) is 23.2 Å². The average Bonchev–Trinajstić information content (AvgIpc) is 2.96. The van der Waals surface area contributed by atoms with Crippen LogP contribution in [0.2, 0.25) is 5.02 Å². The Morgan fingerprint density at radius 3 is 2.14 bits per heavy atom. The van der Waals surface area contributed by atoms with Gasteiger partial charge in [-0.05, 0) is 67.8 Å². The van der Waals surface area contributed by atoms with Crippen LogP contribution in [0.5, 0.6) is 0 Å². The fraction of sp³-hybridized carbons (Fsp3) is 0.333. The van der Waals surface area contributed by atoms with Gasteiger partial charge in [0.1, 0.15) is 18.4 Å². The van der Waals surface area contributed by atoms with Crippen molar-refractivity contribution in [3.63, 3.8) is 0 Å². The molecule has 232 valence electrons. The molecule has 0 aliphatic rings. The Kier molecular flexibility index (Phi) is 11.2. The fourth-order valence-corrected chi connectivity index (χ4v) is 5.98. The zero-order valence-electron chi connectivity index (χ0n) is 23.7. The first kappa shape index (κ1) is 33.9.